The van der Waals surface area contributed by atoms with Crippen molar-refractivity contribution in [2.75, 3.05) is 13.2 Å². The van der Waals surface area contributed by atoms with E-state index < -0.39 is 16.1 Å². The first kappa shape index (κ1) is 22.7. The van der Waals surface area contributed by atoms with Crippen molar-refractivity contribution in [2.24, 2.45) is 16.5 Å². The molecule has 3 rings (SSSR count). The summed E-state index contributed by atoms with van der Waals surface area (Å²) in [6.07, 6.45) is 0.423. The van der Waals surface area contributed by atoms with E-state index in [0.29, 0.717) is 25.0 Å². The minimum Gasteiger partial charge on any atom is -0.377 e. The number of aryl methyl sites for hydroxylation is 1. The van der Waals surface area contributed by atoms with Crippen molar-refractivity contribution in [3.8, 4) is 0 Å². The van der Waals surface area contributed by atoms with Crippen molar-refractivity contribution < 1.29 is 13.2 Å². The third-order valence-corrected chi connectivity index (χ3v) is 6.51. The predicted molar refractivity (Wildman–Crippen MR) is 124 cm³/mol. The maximum absolute atomic E-state index is 13.2. The number of guanidine groups is 1. The van der Waals surface area contributed by atoms with Crippen LogP contribution in [0.5, 0.6) is 0 Å². The molecule has 0 saturated heterocycles. The van der Waals surface area contributed by atoms with Gasteiger partial charge in [0.1, 0.15) is 0 Å². The van der Waals surface area contributed by atoms with Gasteiger partial charge in [0.15, 0.2) is 5.96 Å². The van der Waals surface area contributed by atoms with Crippen LogP contribution >= 0.6 is 0 Å². The Morgan fingerprint density at radius 3 is 2.39 bits per heavy atom. The minimum atomic E-state index is -3.80. The molecule has 0 radical (unpaired) electrons. The van der Waals surface area contributed by atoms with Gasteiger partial charge in [-0.1, -0.05) is 60.7 Å². The van der Waals surface area contributed by atoms with E-state index in [9.17, 15) is 8.42 Å². The molecule has 0 aliphatic rings. The van der Waals surface area contributed by atoms with Crippen molar-refractivity contribution in [2.45, 2.75) is 30.9 Å². The molecule has 0 spiro atoms. The van der Waals surface area contributed by atoms with Crippen LogP contribution in [0.4, 0.5) is 0 Å². The normalized spacial score (nSPS) is 12.5. The Hall–Kier alpha value is -2.94. The Kier molecular flexibility index (Phi) is 7.62. The molecule has 7 nitrogen and oxygen atoms in total. The molecule has 0 bridgehead atoms. The fraction of sp³-hybridized carbons (Fsp3) is 0.261. The van der Waals surface area contributed by atoms with Gasteiger partial charge in [0, 0.05) is 18.0 Å². The van der Waals surface area contributed by atoms with Crippen LogP contribution in [0.1, 0.15) is 17.5 Å². The molecule has 3 aromatic carbocycles. The van der Waals surface area contributed by atoms with Crippen LogP contribution in [0.25, 0.3) is 10.8 Å². The van der Waals surface area contributed by atoms with E-state index >= 15 is 0 Å². The lowest BCUT2D eigenvalue weighted by atomic mass is 10.1. The lowest BCUT2D eigenvalue weighted by Crippen LogP contribution is -2.39. The molecule has 0 unspecified atom stereocenters. The van der Waals surface area contributed by atoms with Crippen LogP contribution < -0.4 is 16.2 Å². The summed E-state index contributed by atoms with van der Waals surface area (Å²) in [5.74, 6) is -0.0878. The summed E-state index contributed by atoms with van der Waals surface area (Å²) in [5.41, 5.74) is 13.0. The third kappa shape index (κ3) is 6.27. The fourth-order valence-electron chi connectivity index (χ4n) is 3.33. The van der Waals surface area contributed by atoms with Crippen molar-refractivity contribution in [1.82, 2.24) is 4.72 Å². The van der Waals surface area contributed by atoms with Gasteiger partial charge in [-0.2, -0.15) is 0 Å². The Labute approximate surface area is 183 Å². The molecule has 0 saturated carbocycles. The number of hydrogen-bond donors (Lipinski definition) is 3. The van der Waals surface area contributed by atoms with Crippen LogP contribution in [0.2, 0.25) is 0 Å². The zero-order chi connectivity index (χ0) is 22.3. The van der Waals surface area contributed by atoms with Gasteiger partial charge in [-0.05, 0) is 35.9 Å². The first-order chi connectivity index (χ1) is 14.9. The number of rotatable bonds is 10. The average molecular weight is 441 g/mol. The summed E-state index contributed by atoms with van der Waals surface area (Å²) in [4.78, 5) is 4.24. The van der Waals surface area contributed by atoms with Gasteiger partial charge in [0.2, 0.25) is 10.0 Å². The molecular formula is C23H28N4O3S. The van der Waals surface area contributed by atoms with E-state index in [2.05, 4.69) is 9.71 Å². The van der Waals surface area contributed by atoms with E-state index in [1.165, 1.54) is 0 Å². The zero-order valence-electron chi connectivity index (χ0n) is 17.5. The van der Waals surface area contributed by atoms with Crippen LogP contribution in [-0.2, 0) is 21.4 Å². The topological polar surface area (TPSA) is 120 Å². The SMILES string of the molecule is Cc1ccc(S(=O)(=O)N[C@@H](CCOCc2ccccc2)CN=C(N)N)c2ccccc12. The second-order valence-corrected chi connectivity index (χ2v) is 9.02. The molecule has 5 N–H and O–H groups in total. The van der Waals surface area contributed by atoms with Crippen LogP contribution in [-0.4, -0.2) is 33.6 Å². The number of fused-ring (bicyclic) bond motifs is 1. The fourth-order valence-corrected chi connectivity index (χ4v) is 4.81. The summed E-state index contributed by atoms with van der Waals surface area (Å²) in [5, 5.41) is 1.58. The molecule has 8 heteroatoms. The maximum atomic E-state index is 13.2. The van der Waals surface area contributed by atoms with E-state index in [4.69, 9.17) is 16.2 Å². The molecule has 0 aromatic heterocycles. The summed E-state index contributed by atoms with van der Waals surface area (Å²) in [6, 6.07) is 20.2. The maximum Gasteiger partial charge on any atom is 0.241 e. The quantitative estimate of drug-likeness (QED) is 0.254. The van der Waals surface area contributed by atoms with E-state index in [0.717, 1.165) is 16.5 Å². The van der Waals surface area contributed by atoms with Gasteiger partial charge < -0.3 is 16.2 Å². The van der Waals surface area contributed by atoms with Gasteiger partial charge in [0.25, 0.3) is 0 Å². The van der Waals surface area contributed by atoms with Gasteiger partial charge in [-0.15, -0.1) is 0 Å². The number of nitrogens with zero attached hydrogens (tertiary/aromatic N) is 1. The Morgan fingerprint density at radius 2 is 1.68 bits per heavy atom. The largest absolute Gasteiger partial charge is 0.377 e. The van der Waals surface area contributed by atoms with Crippen LogP contribution in [0, 0.1) is 6.92 Å². The van der Waals surface area contributed by atoms with Crippen LogP contribution in [0.3, 0.4) is 0 Å². The monoisotopic (exact) mass is 440 g/mol. The number of sulfonamides is 1. The number of aliphatic imine (C=N–C) groups is 1. The standard InChI is InChI=1S/C23H28N4O3S/c1-17-11-12-22(21-10-6-5-9-20(17)21)31(28,29)27-19(15-26-23(24)25)13-14-30-16-18-7-3-2-4-8-18/h2-12,19,27H,13-16H2,1H3,(H4,24,25,26)/t19-/m0/s1. The predicted octanol–water partition coefficient (Wildman–Crippen LogP) is 2.68. The van der Waals surface area contributed by atoms with Crippen molar-refractivity contribution >= 4 is 26.8 Å². The molecule has 0 heterocycles. The third-order valence-electron chi connectivity index (χ3n) is 4.93. The Balaban J connectivity index is 1.74. The zero-order valence-corrected chi connectivity index (χ0v) is 18.3. The number of benzene rings is 3. The van der Waals surface area contributed by atoms with Gasteiger partial charge in [0.05, 0.1) is 18.0 Å². The van der Waals surface area contributed by atoms with Crippen molar-refractivity contribution in [1.29, 1.82) is 0 Å². The summed E-state index contributed by atoms with van der Waals surface area (Å²) < 4.78 is 34.9. The van der Waals surface area contributed by atoms with E-state index in [1.807, 2.05) is 67.6 Å². The average Bonchev–Trinajstić information content (AvgIpc) is 2.75. The molecule has 0 aliphatic heterocycles. The van der Waals surface area contributed by atoms with Crippen molar-refractivity contribution in [3.05, 3.63) is 77.9 Å². The van der Waals surface area contributed by atoms with E-state index in [-0.39, 0.29) is 17.4 Å². The summed E-state index contributed by atoms with van der Waals surface area (Å²) in [7, 11) is -3.80. The Bertz CT molecular complexity index is 1140. The second kappa shape index (κ2) is 10.4. The molecule has 31 heavy (non-hydrogen) atoms. The molecule has 0 aliphatic carbocycles. The number of ether oxygens (including phenoxy) is 1. The molecule has 0 fully saturated rings. The summed E-state index contributed by atoms with van der Waals surface area (Å²) in [6.45, 7) is 2.89. The minimum absolute atomic E-state index is 0.0878. The van der Waals surface area contributed by atoms with Gasteiger partial charge >= 0.3 is 0 Å². The highest BCUT2D eigenvalue weighted by atomic mass is 32.2. The number of hydrogen-bond acceptors (Lipinski definition) is 4. The Morgan fingerprint density at radius 1 is 1.00 bits per heavy atom. The molecule has 1 atom stereocenters. The smallest absolute Gasteiger partial charge is 0.241 e. The highest BCUT2D eigenvalue weighted by molar-refractivity contribution is 7.89. The van der Waals surface area contributed by atoms with Crippen LogP contribution in [0.15, 0.2) is 76.6 Å². The first-order valence-electron chi connectivity index (χ1n) is 10.0. The summed E-state index contributed by atoms with van der Waals surface area (Å²) >= 11 is 0. The molecule has 3 aromatic rings. The highest BCUT2D eigenvalue weighted by Gasteiger charge is 2.22. The first-order valence-corrected chi connectivity index (χ1v) is 11.5. The lowest BCUT2D eigenvalue weighted by molar-refractivity contribution is 0.113. The highest BCUT2D eigenvalue weighted by Crippen LogP contribution is 2.26. The van der Waals surface area contributed by atoms with Gasteiger partial charge in [-0.3, -0.25) is 4.99 Å². The molecule has 164 valence electrons. The molecular weight excluding hydrogens is 412 g/mol. The van der Waals surface area contributed by atoms with Crippen molar-refractivity contribution in [3.63, 3.8) is 0 Å². The number of nitrogens with two attached hydrogens (primary N) is 2. The van der Waals surface area contributed by atoms with E-state index in [1.54, 1.807) is 6.07 Å². The second-order valence-electron chi connectivity index (χ2n) is 7.34. The molecule has 0 amide bonds. The lowest BCUT2D eigenvalue weighted by Gasteiger charge is -2.18. The number of nitrogens with one attached hydrogen (secondary N) is 1. The van der Waals surface area contributed by atoms with Gasteiger partial charge in [-0.25, -0.2) is 13.1 Å².